The van der Waals surface area contributed by atoms with Crippen molar-refractivity contribution in [3.05, 3.63) is 212 Å². The van der Waals surface area contributed by atoms with Crippen molar-refractivity contribution in [3.63, 3.8) is 0 Å². The van der Waals surface area contributed by atoms with E-state index in [9.17, 15) is 0 Å². The van der Waals surface area contributed by atoms with Gasteiger partial charge in [-0.3, -0.25) is 0 Å². The normalized spacial score (nSPS) is 13.3. The number of nitrogens with zero attached hydrogens (tertiary/aromatic N) is 1. The Labute approximate surface area is 356 Å². The topological polar surface area (TPSA) is 3.24 Å². The van der Waals surface area contributed by atoms with Crippen LogP contribution in [0.2, 0.25) is 0 Å². The van der Waals surface area contributed by atoms with E-state index in [-0.39, 0.29) is 0 Å². The summed E-state index contributed by atoms with van der Waals surface area (Å²) in [7, 11) is 0. The molecule has 0 saturated heterocycles. The van der Waals surface area contributed by atoms with Crippen LogP contribution in [0.3, 0.4) is 0 Å². The molecule has 1 fully saturated rings. The van der Waals surface area contributed by atoms with Crippen molar-refractivity contribution in [2.24, 2.45) is 0 Å². The number of fused-ring (bicyclic) bond motifs is 4. The average Bonchev–Trinajstić information content (AvgIpc) is 3.72. The summed E-state index contributed by atoms with van der Waals surface area (Å²) in [5.41, 5.74) is 14.7. The molecule has 288 valence electrons. The predicted octanol–water partition coefficient (Wildman–Crippen LogP) is 17.4. The molecule has 1 aliphatic rings. The van der Waals surface area contributed by atoms with E-state index in [0.717, 1.165) is 17.1 Å². The first-order valence-electron chi connectivity index (χ1n) is 21.5. The zero-order chi connectivity index (χ0) is 39.8. The standard InChI is InChI=1S/C58H45NS/c1-3-17-40(18-4-1)41-35-37-43(38-36-41)47-25-7-10-31-53(47)59(46-24-13-23-45(39-46)49-29-16-34-56-58(49)52-27-9-12-33-55(52)60-56)54-32-11-8-26-50(54)51-30-15-22-44-21-14-28-48(57(44)51)42-19-5-2-6-20-42/h1,3-4,7-18,21-39,42H,2,5-6,19-20H2. The molecule has 0 spiro atoms. The van der Waals surface area contributed by atoms with Gasteiger partial charge in [0.1, 0.15) is 0 Å². The third kappa shape index (κ3) is 6.58. The summed E-state index contributed by atoms with van der Waals surface area (Å²) in [5, 5.41) is 5.35. The number of thiophene rings is 1. The minimum atomic E-state index is 0.582. The van der Waals surface area contributed by atoms with Crippen LogP contribution in [-0.2, 0) is 0 Å². The van der Waals surface area contributed by atoms with Crippen molar-refractivity contribution >= 4 is 59.3 Å². The van der Waals surface area contributed by atoms with Gasteiger partial charge in [0.05, 0.1) is 11.4 Å². The van der Waals surface area contributed by atoms with Crippen molar-refractivity contribution in [1.82, 2.24) is 0 Å². The Morgan fingerprint density at radius 3 is 1.80 bits per heavy atom. The first kappa shape index (κ1) is 36.3. The lowest BCUT2D eigenvalue weighted by Crippen LogP contribution is -2.13. The Morgan fingerprint density at radius 1 is 0.383 bits per heavy atom. The Balaban J connectivity index is 1.13. The molecule has 1 saturated carbocycles. The summed E-state index contributed by atoms with van der Waals surface area (Å²) in [6.07, 6.45) is 6.48. The van der Waals surface area contributed by atoms with Gasteiger partial charge in [0.15, 0.2) is 0 Å². The van der Waals surface area contributed by atoms with Crippen LogP contribution in [0, 0.1) is 0 Å². The smallest absolute Gasteiger partial charge is 0.0540 e. The maximum absolute atomic E-state index is 2.52. The maximum atomic E-state index is 2.52. The van der Waals surface area contributed by atoms with E-state index in [1.54, 1.807) is 0 Å². The number of anilines is 3. The third-order valence-electron chi connectivity index (χ3n) is 12.7. The van der Waals surface area contributed by atoms with Gasteiger partial charge in [-0.1, -0.05) is 189 Å². The highest BCUT2D eigenvalue weighted by Gasteiger charge is 2.24. The van der Waals surface area contributed by atoms with Crippen LogP contribution >= 0.6 is 11.3 Å². The molecule has 9 aromatic carbocycles. The molecular weight excluding hydrogens is 743 g/mol. The summed E-state index contributed by atoms with van der Waals surface area (Å²) in [6, 6.07) is 76.5. The van der Waals surface area contributed by atoms with E-state index in [1.807, 2.05) is 11.3 Å². The molecule has 1 aromatic heterocycles. The second-order valence-electron chi connectivity index (χ2n) is 16.2. The summed E-state index contributed by atoms with van der Waals surface area (Å²) >= 11 is 1.88. The van der Waals surface area contributed by atoms with Gasteiger partial charge in [-0.25, -0.2) is 0 Å². The number of rotatable bonds is 8. The highest BCUT2D eigenvalue weighted by molar-refractivity contribution is 7.25. The molecule has 0 bridgehead atoms. The lowest BCUT2D eigenvalue weighted by Gasteiger charge is -2.31. The number of para-hydroxylation sites is 2. The Bertz CT molecular complexity index is 3130. The lowest BCUT2D eigenvalue weighted by molar-refractivity contribution is 0.445. The molecule has 0 radical (unpaired) electrons. The fourth-order valence-corrected chi connectivity index (χ4v) is 11.0. The zero-order valence-corrected chi connectivity index (χ0v) is 34.4. The van der Waals surface area contributed by atoms with Crippen molar-refractivity contribution in [3.8, 4) is 44.5 Å². The van der Waals surface area contributed by atoms with Crippen LogP contribution in [0.5, 0.6) is 0 Å². The van der Waals surface area contributed by atoms with Gasteiger partial charge in [-0.15, -0.1) is 11.3 Å². The molecule has 10 aromatic rings. The highest BCUT2D eigenvalue weighted by Crippen LogP contribution is 2.49. The van der Waals surface area contributed by atoms with E-state index >= 15 is 0 Å². The molecule has 60 heavy (non-hydrogen) atoms. The summed E-state index contributed by atoms with van der Waals surface area (Å²) in [5.74, 6) is 0.582. The van der Waals surface area contributed by atoms with Gasteiger partial charge in [0, 0.05) is 37.0 Å². The molecule has 1 nitrogen and oxygen atoms in total. The third-order valence-corrected chi connectivity index (χ3v) is 13.8. The van der Waals surface area contributed by atoms with Gasteiger partial charge in [-0.05, 0) is 105 Å². The molecule has 1 aliphatic carbocycles. The van der Waals surface area contributed by atoms with Crippen molar-refractivity contribution < 1.29 is 0 Å². The van der Waals surface area contributed by atoms with E-state index in [2.05, 4.69) is 211 Å². The molecule has 0 amide bonds. The van der Waals surface area contributed by atoms with Crippen LogP contribution in [0.15, 0.2) is 206 Å². The SMILES string of the molecule is c1ccc(-c2ccc(-c3ccccc3N(c3cccc(-c4cccc5sc6ccccc6c45)c3)c3ccccc3-c3cccc4cccc(C5CCCCC5)c34)cc2)cc1. The van der Waals surface area contributed by atoms with Crippen molar-refractivity contribution in [2.45, 2.75) is 38.0 Å². The quantitative estimate of drug-likeness (QED) is 0.148. The van der Waals surface area contributed by atoms with Gasteiger partial charge >= 0.3 is 0 Å². The van der Waals surface area contributed by atoms with Gasteiger partial charge < -0.3 is 4.90 Å². The summed E-state index contributed by atoms with van der Waals surface area (Å²) in [6.45, 7) is 0. The summed E-state index contributed by atoms with van der Waals surface area (Å²) < 4.78 is 2.64. The monoisotopic (exact) mass is 787 g/mol. The first-order valence-corrected chi connectivity index (χ1v) is 22.3. The Morgan fingerprint density at radius 2 is 0.967 bits per heavy atom. The van der Waals surface area contributed by atoms with Gasteiger partial charge in [0.25, 0.3) is 0 Å². The summed E-state index contributed by atoms with van der Waals surface area (Å²) in [4.78, 5) is 2.52. The van der Waals surface area contributed by atoms with Gasteiger partial charge in [0.2, 0.25) is 0 Å². The second kappa shape index (κ2) is 15.8. The molecule has 1 heterocycles. The van der Waals surface area contributed by atoms with E-state index in [0.29, 0.717) is 5.92 Å². The minimum absolute atomic E-state index is 0.582. The number of hydrogen-bond acceptors (Lipinski definition) is 2. The maximum Gasteiger partial charge on any atom is 0.0540 e. The fraction of sp³-hybridized carbons (Fsp3) is 0.103. The van der Waals surface area contributed by atoms with Crippen LogP contribution in [-0.4, -0.2) is 0 Å². The fourth-order valence-electron chi connectivity index (χ4n) is 9.87. The first-order chi connectivity index (χ1) is 29.8. The van der Waals surface area contributed by atoms with E-state index in [4.69, 9.17) is 0 Å². The molecule has 0 N–H and O–H groups in total. The van der Waals surface area contributed by atoms with Crippen LogP contribution < -0.4 is 4.90 Å². The molecule has 0 aliphatic heterocycles. The zero-order valence-electron chi connectivity index (χ0n) is 33.6. The highest BCUT2D eigenvalue weighted by atomic mass is 32.1. The molecule has 0 atom stereocenters. The largest absolute Gasteiger partial charge is 0.309 e. The molecule has 2 heteroatoms. The van der Waals surface area contributed by atoms with E-state index in [1.165, 1.54) is 113 Å². The van der Waals surface area contributed by atoms with Crippen LogP contribution in [0.4, 0.5) is 17.1 Å². The predicted molar refractivity (Wildman–Crippen MR) is 259 cm³/mol. The van der Waals surface area contributed by atoms with Crippen LogP contribution in [0.1, 0.15) is 43.6 Å². The Kier molecular flexibility index (Phi) is 9.56. The molecular formula is C58H45NS. The van der Waals surface area contributed by atoms with Crippen molar-refractivity contribution in [1.29, 1.82) is 0 Å². The van der Waals surface area contributed by atoms with E-state index < -0.39 is 0 Å². The second-order valence-corrected chi connectivity index (χ2v) is 17.3. The van der Waals surface area contributed by atoms with Crippen LogP contribution in [0.25, 0.3) is 75.5 Å². The Hall–Kier alpha value is -6.74. The van der Waals surface area contributed by atoms with Crippen molar-refractivity contribution in [2.75, 3.05) is 4.90 Å². The average molecular weight is 788 g/mol. The molecule has 0 unspecified atom stereocenters. The van der Waals surface area contributed by atoms with Gasteiger partial charge in [-0.2, -0.15) is 0 Å². The molecule has 11 rings (SSSR count). The number of hydrogen-bond donors (Lipinski definition) is 0. The minimum Gasteiger partial charge on any atom is -0.309 e. The number of benzene rings is 9. The lowest BCUT2D eigenvalue weighted by atomic mass is 9.80.